The van der Waals surface area contributed by atoms with E-state index in [1.807, 2.05) is 55.5 Å². The zero-order chi connectivity index (χ0) is 16.2. The van der Waals surface area contributed by atoms with Gasteiger partial charge in [-0.3, -0.25) is 0 Å². The Bertz CT molecular complexity index is 585. The Labute approximate surface area is 132 Å². The summed E-state index contributed by atoms with van der Waals surface area (Å²) in [5.41, 5.74) is 1.04. The summed E-state index contributed by atoms with van der Waals surface area (Å²) in [4.78, 5) is 0. The van der Waals surface area contributed by atoms with E-state index in [4.69, 9.17) is 9.47 Å². The first kappa shape index (κ1) is 16.4. The SMILES string of the molecule is CC[C@@H](c1ccc(OC)cc1)[C@@](C)(O)c1ccc(OC)cc1. The highest BCUT2D eigenvalue weighted by Crippen LogP contribution is 2.39. The van der Waals surface area contributed by atoms with Gasteiger partial charge in [-0.2, -0.15) is 0 Å². The minimum atomic E-state index is -0.949. The molecule has 2 aromatic carbocycles. The molecule has 0 aromatic heterocycles. The van der Waals surface area contributed by atoms with Crippen LogP contribution < -0.4 is 9.47 Å². The molecule has 0 saturated carbocycles. The molecule has 0 aliphatic rings. The van der Waals surface area contributed by atoms with Crippen LogP contribution in [-0.2, 0) is 5.60 Å². The Balaban J connectivity index is 2.33. The van der Waals surface area contributed by atoms with Crippen LogP contribution in [-0.4, -0.2) is 19.3 Å². The zero-order valence-electron chi connectivity index (χ0n) is 13.7. The molecule has 0 aliphatic heterocycles. The molecule has 22 heavy (non-hydrogen) atoms. The average molecular weight is 300 g/mol. The lowest BCUT2D eigenvalue weighted by molar-refractivity contribution is 0.0248. The number of hydrogen-bond donors (Lipinski definition) is 1. The molecule has 0 bridgehead atoms. The normalized spacial score (nSPS) is 15.0. The zero-order valence-corrected chi connectivity index (χ0v) is 13.7. The summed E-state index contributed by atoms with van der Waals surface area (Å²) in [5, 5.41) is 11.1. The summed E-state index contributed by atoms with van der Waals surface area (Å²) in [5.74, 6) is 1.62. The van der Waals surface area contributed by atoms with E-state index >= 15 is 0 Å². The molecule has 118 valence electrons. The maximum absolute atomic E-state index is 11.1. The highest BCUT2D eigenvalue weighted by molar-refractivity contribution is 5.36. The number of benzene rings is 2. The molecule has 0 radical (unpaired) electrons. The monoisotopic (exact) mass is 300 g/mol. The molecule has 0 saturated heterocycles. The van der Waals surface area contributed by atoms with Crippen molar-refractivity contribution in [3.63, 3.8) is 0 Å². The molecule has 0 amide bonds. The first-order chi connectivity index (χ1) is 10.5. The van der Waals surface area contributed by atoms with E-state index in [2.05, 4.69) is 6.92 Å². The van der Waals surface area contributed by atoms with E-state index in [1.54, 1.807) is 14.2 Å². The molecule has 3 heteroatoms. The van der Waals surface area contributed by atoms with Crippen LogP contribution in [0.15, 0.2) is 48.5 Å². The lowest BCUT2D eigenvalue weighted by Crippen LogP contribution is -2.29. The van der Waals surface area contributed by atoms with Crippen LogP contribution in [0.3, 0.4) is 0 Å². The minimum absolute atomic E-state index is 0.00630. The van der Waals surface area contributed by atoms with Crippen LogP contribution in [0, 0.1) is 0 Å². The highest BCUT2D eigenvalue weighted by Gasteiger charge is 2.33. The van der Waals surface area contributed by atoms with Crippen molar-refractivity contribution in [1.29, 1.82) is 0 Å². The predicted octanol–water partition coefficient (Wildman–Crippen LogP) is 4.11. The van der Waals surface area contributed by atoms with Crippen LogP contribution in [0.2, 0.25) is 0 Å². The highest BCUT2D eigenvalue weighted by atomic mass is 16.5. The Hall–Kier alpha value is -2.00. The third kappa shape index (κ3) is 3.25. The minimum Gasteiger partial charge on any atom is -0.497 e. The fourth-order valence-electron chi connectivity index (χ4n) is 2.92. The second kappa shape index (κ2) is 6.84. The van der Waals surface area contributed by atoms with Gasteiger partial charge in [0.15, 0.2) is 0 Å². The number of aliphatic hydroxyl groups is 1. The van der Waals surface area contributed by atoms with Gasteiger partial charge in [-0.1, -0.05) is 31.2 Å². The molecule has 0 heterocycles. The Morgan fingerprint density at radius 3 is 1.77 bits per heavy atom. The van der Waals surface area contributed by atoms with Crippen molar-refractivity contribution in [3.05, 3.63) is 59.7 Å². The summed E-state index contributed by atoms with van der Waals surface area (Å²) in [6, 6.07) is 15.5. The van der Waals surface area contributed by atoms with Crippen molar-refractivity contribution in [3.8, 4) is 11.5 Å². The third-order valence-corrected chi connectivity index (χ3v) is 4.28. The standard InChI is InChI=1S/C19H24O3/c1-5-18(14-6-10-16(21-3)11-7-14)19(2,20)15-8-12-17(22-4)13-9-15/h6-13,18,20H,5H2,1-4H3/t18-,19-/m0/s1. The lowest BCUT2D eigenvalue weighted by atomic mass is 9.77. The van der Waals surface area contributed by atoms with Crippen molar-refractivity contribution in [2.75, 3.05) is 14.2 Å². The molecular formula is C19H24O3. The molecule has 0 fully saturated rings. The van der Waals surface area contributed by atoms with Crippen molar-refractivity contribution in [2.45, 2.75) is 31.8 Å². The smallest absolute Gasteiger partial charge is 0.118 e. The first-order valence-corrected chi connectivity index (χ1v) is 7.53. The van der Waals surface area contributed by atoms with Crippen LogP contribution >= 0.6 is 0 Å². The third-order valence-electron chi connectivity index (χ3n) is 4.28. The van der Waals surface area contributed by atoms with Gasteiger partial charge in [0.05, 0.1) is 19.8 Å². The first-order valence-electron chi connectivity index (χ1n) is 7.53. The fraction of sp³-hybridized carbons (Fsp3) is 0.368. The van der Waals surface area contributed by atoms with E-state index in [1.165, 1.54) is 0 Å². The van der Waals surface area contributed by atoms with Crippen LogP contribution in [0.1, 0.15) is 37.3 Å². The van der Waals surface area contributed by atoms with Gasteiger partial charge in [0.2, 0.25) is 0 Å². The molecule has 0 aliphatic carbocycles. The number of methoxy groups -OCH3 is 2. The Kier molecular flexibility index (Phi) is 5.09. The second-order valence-electron chi connectivity index (χ2n) is 5.61. The van der Waals surface area contributed by atoms with Gasteiger partial charge >= 0.3 is 0 Å². The van der Waals surface area contributed by atoms with Crippen LogP contribution in [0.4, 0.5) is 0 Å². The maximum Gasteiger partial charge on any atom is 0.118 e. The van der Waals surface area contributed by atoms with E-state index in [-0.39, 0.29) is 5.92 Å². The summed E-state index contributed by atoms with van der Waals surface area (Å²) in [7, 11) is 3.29. The maximum atomic E-state index is 11.1. The Morgan fingerprint density at radius 1 is 0.909 bits per heavy atom. The summed E-state index contributed by atoms with van der Waals surface area (Å²) < 4.78 is 10.4. The molecular weight excluding hydrogens is 276 g/mol. The molecule has 0 spiro atoms. The number of ether oxygens (including phenoxy) is 2. The van der Waals surface area contributed by atoms with Crippen molar-refractivity contribution >= 4 is 0 Å². The summed E-state index contributed by atoms with van der Waals surface area (Å²) in [6.45, 7) is 3.96. The number of rotatable bonds is 6. The molecule has 0 unspecified atom stereocenters. The lowest BCUT2D eigenvalue weighted by Gasteiger charge is -2.33. The van der Waals surface area contributed by atoms with Gasteiger partial charge in [0.25, 0.3) is 0 Å². The largest absolute Gasteiger partial charge is 0.497 e. The van der Waals surface area contributed by atoms with E-state index in [9.17, 15) is 5.11 Å². The van der Waals surface area contributed by atoms with Gasteiger partial charge in [0, 0.05) is 5.92 Å². The van der Waals surface area contributed by atoms with Crippen LogP contribution in [0.5, 0.6) is 11.5 Å². The van der Waals surface area contributed by atoms with E-state index in [0.29, 0.717) is 0 Å². The average Bonchev–Trinajstić information content (AvgIpc) is 2.56. The molecule has 2 aromatic rings. The summed E-state index contributed by atoms with van der Waals surface area (Å²) >= 11 is 0. The Morgan fingerprint density at radius 2 is 1.36 bits per heavy atom. The van der Waals surface area contributed by atoms with E-state index in [0.717, 1.165) is 29.0 Å². The quantitative estimate of drug-likeness (QED) is 0.872. The number of hydrogen-bond acceptors (Lipinski definition) is 3. The van der Waals surface area contributed by atoms with Gasteiger partial charge in [-0.25, -0.2) is 0 Å². The topological polar surface area (TPSA) is 38.7 Å². The van der Waals surface area contributed by atoms with Crippen molar-refractivity contribution in [2.24, 2.45) is 0 Å². The van der Waals surface area contributed by atoms with Gasteiger partial charge < -0.3 is 14.6 Å². The van der Waals surface area contributed by atoms with Gasteiger partial charge in [-0.15, -0.1) is 0 Å². The van der Waals surface area contributed by atoms with Crippen LogP contribution in [0.25, 0.3) is 0 Å². The van der Waals surface area contributed by atoms with Crippen molar-refractivity contribution < 1.29 is 14.6 Å². The second-order valence-corrected chi connectivity index (χ2v) is 5.61. The fourth-order valence-corrected chi connectivity index (χ4v) is 2.92. The molecule has 3 nitrogen and oxygen atoms in total. The van der Waals surface area contributed by atoms with E-state index < -0.39 is 5.60 Å². The molecule has 2 atom stereocenters. The summed E-state index contributed by atoms with van der Waals surface area (Å²) in [6.07, 6.45) is 0.839. The van der Waals surface area contributed by atoms with Gasteiger partial charge in [-0.05, 0) is 48.7 Å². The molecule has 2 rings (SSSR count). The molecule has 1 N–H and O–H groups in total. The van der Waals surface area contributed by atoms with Crippen molar-refractivity contribution in [1.82, 2.24) is 0 Å². The predicted molar refractivity (Wildman–Crippen MR) is 88.6 cm³/mol. The van der Waals surface area contributed by atoms with Gasteiger partial charge in [0.1, 0.15) is 11.5 Å².